The lowest BCUT2D eigenvalue weighted by Crippen LogP contribution is -2.35. The zero-order chi connectivity index (χ0) is 20.0. The molecule has 1 amide bonds. The molecule has 0 saturated heterocycles. The highest BCUT2D eigenvalue weighted by Crippen LogP contribution is 2.19. The summed E-state index contributed by atoms with van der Waals surface area (Å²) in [6, 6.07) is 12.5. The van der Waals surface area contributed by atoms with E-state index in [1.54, 1.807) is 36.4 Å². The number of nitrogens with one attached hydrogen (secondary N) is 1. The maximum Gasteiger partial charge on any atom is 0.243 e. The summed E-state index contributed by atoms with van der Waals surface area (Å²) in [5.41, 5.74) is 0.891. The third-order valence-corrected chi connectivity index (χ3v) is 5.58. The summed E-state index contributed by atoms with van der Waals surface area (Å²) in [7, 11) is -2.49. The van der Waals surface area contributed by atoms with Gasteiger partial charge in [-0.3, -0.25) is 9.59 Å². The monoisotopic (exact) mass is 390 g/mol. The zero-order valence-electron chi connectivity index (χ0n) is 15.4. The molecule has 144 valence electrons. The van der Waals surface area contributed by atoms with Crippen LogP contribution in [0.2, 0.25) is 0 Å². The van der Waals surface area contributed by atoms with E-state index in [0.717, 1.165) is 4.31 Å². The van der Waals surface area contributed by atoms with Gasteiger partial charge < -0.3 is 10.1 Å². The fourth-order valence-corrected chi connectivity index (χ4v) is 3.49. The van der Waals surface area contributed by atoms with E-state index in [1.165, 1.54) is 26.1 Å². The molecule has 2 aromatic carbocycles. The highest BCUT2D eigenvalue weighted by atomic mass is 32.2. The second-order valence-electron chi connectivity index (χ2n) is 5.85. The van der Waals surface area contributed by atoms with Crippen molar-refractivity contribution in [3.8, 4) is 5.75 Å². The van der Waals surface area contributed by atoms with E-state index < -0.39 is 15.9 Å². The number of Topliss-reactive ketones (excluding diaryl/α,β-unsaturated/α-hetero) is 1. The molecule has 2 aromatic rings. The summed E-state index contributed by atoms with van der Waals surface area (Å²) in [4.78, 5) is 23.7. The minimum absolute atomic E-state index is 0.0693. The lowest BCUT2D eigenvalue weighted by molar-refractivity contribution is -0.116. The van der Waals surface area contributed by atoms with Gasteiger partial charge in [0.2, 0.25) is 15.9 Å². The van der Waals surface area contributed by atoms with Crippen molar-refractivity contribution in [2.45, 2.75) is 18.7 Å². The number of ether oxygens (including phenoxy) is 1. The predicted molar refractivity (Wildman–Crippen MR) is 103 cm³/mol. The Morgan fingerprint density at radius 3 is 2.37 bits per heavy atom. The fraction of sp³-hybridized carbons (Fsp3) is 0.263. The smallest absolute Gasteiger partial charge is 0.243 e. The summed E-state index contributed by atoms with van der Waals surface area (Å²) in [6.45, 7) is 3.39. The lowest BCUT2D eigenvalue weighted by atomic mass is 10.1. The summed E-state index contributed by atoms with van der Waals surface area (Å²) in [6.07, 6.45) is 0. The first-order valence-corrected chi connectivity index (χ1v) is 9.78. The van der Waals surface area contributed by atoms with E-state index in [0.29, 0.717) is 23.6 Å². The molecule has 7 nitrogen and oxygen atoms in total. The molecule has 0 aliphatic heterocycles. The molecule has 0 atom stereocenters. The summed E-state index contributed by atoms with van der Waals surface area (Å²) < 4.78 is 31.4. The van der Waals surface area contributed by atoms with Crippen molar-refractivity contribution in [1.82, 2.24) is 4.31 Å². The maximum absolute atomic E-state index is 12.6. The minimum atomic E-state index is -3.82. The average molecular weight is 390 g/mol. The van der Waals surface area contributed by atoms with Gasteiger partial charge in [-0.15, -0.1) is 0 Å². The average Bonchev–Trinajstić information content (AvgIpc) is 2.62. The van der Waals surface area contributed by atoms with E-state index >= 15 is 0 Å². The molecule has 0 aromatic heterocycles. The first-order valence-electron chi connectivity index (χ1n) is 8.34. The van der Waals surface area contributed by atoms with Gasteiger partial charge in [-0.1, -0.05) is 12.1 Å². The van der Waals surface area contributed by atoms with Crippen LogP contribution in [0.25, 0.3) is 0 Å². The molecule has 0 unspecified atom stereocenters. The molecule has 1 N–H and O–H groups in total. The number of nitrogens with zero attached hydrogens (tertiary/aromatic N) is 1. The van der Waals surface area contributed by atoms with E-state index in [-0.39, 0.29) is 17.2 Å². The van der Waals surface area contributed by atoms with Crippen LogP contribution in [0.4, 0.5) is 5.69 Å². The number of carbonyl (C=O) groups excluding carboxylic acids is 2. The van der Waals surface area contributed by atoms with Crippen LogP contribution in [0.3, 0.4) is 0 Å². The van der Waals surface area contributed by atoms with Gasteiger partial charge in [0.15, 0.2) is 5.78 Å². The normalized spacial score (nSPS) is 11.3. The number of amides is 1. The molecule has 27 heavy (non-hydrogen) atoms. The highest BCUT2D eigenvalue weighted by Gasteiger charge is 2.23. The molecular formula is C19H22N2O5S. The Bertz CT molecular complexity index is 923. The first-order chi connectivity index (χ1) is 12.7. The van der Waals surface area contributed by atoms with Crippen LogP contribution in [0.15, 0.2) is 53.4 Å². The van der Waals surface area contributed by atoms with Crippen molar-refractivity contribution in [1.29, 1.82) is 0 Å². The van der Waals surface area contributed by atoms with Gasteiger partial charge in [-0.25, -0.2) is 8.42 Å². The predicted octanol–water partition coefficient (Wildman–Crippen LogP) is 2.55. The van der Waals surface area contributed by atoms with Crippen LogP contribution in [0.5, 0.6) is 5.75 Å². The van der Waals surface area contributed by atoms with Gasteiger partial charge in [-0.05, 0) is 50.2 Å². The quantitative estimate of drug-likeness (QED) is 0.699. The number of benzene rings is 2. The fourth-order valence-electron chi connectivity index (χ4n) is 2.36. The molecule has 0 fully saturated rings. The van der Waals surface area contributed by atoms with Crippen LogP contribution in [-0.2, 0) is 14.8 Å². The zero-order valence-corrected chi connectivity index (χ0v) is 16.2. The molecule has 0 aliphatic rings. The van der Waals surface area contributed by atoms with E-state index in [2.05, 4.69) is 5.32 Å². The van der Waals surface area contributed by atoms with Crippen molar-refractivity contribution < 1.29 is 22.7 Å². The van der Waals surface area contributed by atoms with Crippen LogP contribution in [-0.4, -0.2) is 44.6 Å². The SMILES string of the molecule is CCOc1ccc(S(=O)(=O)N(C)CC(=O)Nc2cccc(C(C)=O)c2)cc1. The van der Waals surface area contributed by atoms with Crippen LogP contribution >= 0.6 is 0 Å². The topological polar surface area (TPSA) is 92.8 Å². The Balaban J connectivity index is 2.06. The van der Waals surface area contributed by atoms with Crippen LogP contribution in [0, 0.1) is 0 Å². The second kappa shape index (κ2) is 8.79. The highest BCUT2D eigenvalue weighted by molar-refractivity contribution is 7.89. The van der Waals surface area contributed by atoms with Gasteiger partial charge in [0.1, 0.15) is 5.75 Å². The van der Waals surface area contributed by atoms with Crippen LogP contribution < -0.4 is 10.1 Å². The summed E-state index contributed by atoms with van der Waals surface area (Å²) in [5.74, 6) is -0.0591. The van der Waals surface area contributed by atoms with Gasteiger partial charge in [0.05, 0.1) is 18.0 Å². The number of carbonyl (C=O) groups is 2. The van der Waals surface area contributed by atoms with Crippen molar-refractivity contribution in [3.05, 3.63) is 54.1 Å². The molecule has 0 aliphatic carbocycles. The maximum atomic E-state index is 12.6. The Morgan fingerprint density at radius 1 is 1.11 bits per heavy atom. The van der Waals surface area contributed by atoms with Gasteiger partial charge in [0, 0.05) is 18.3 Å². The van der Waals surface area contributed by atoms with E-state index in [4.69, 9.17) is 4.74 Å². The number of hydrogen-bond donors (Lipinski definition) is 1. The second-order valence-corrected chi connectivity index (χ2v) is 7.90. The number of anilines is 1. The molecule has 0 radical (unpaired) electrons. The standard InChI is InChI=1S/C19H22N2O5S/c1-4-26-17-8-10-18(11-9-17)27(24,25)21(3)13-19(23)20-16-7-5-6-15(12-16)14(2)22/h5-12H,4,13H2,1-3H3,(H,20,23). The number of likely N-dealkylation sites (N-methyl/N-ethyl adjacent to an activating group) is 1. The first kappa shape index (κ1) is 20.6. The van der Waals surface area contributed by atoms with Gasteiger partial charge in [-0.2, -0.15) is 4.31 Å². The molecule has 8 heteroatoms. The Labute approximate surface area is 159 Å². The summed E-state index contributed by atoms with van der Waals surface area (Å²) in [5, 5.41) is 2.60. The van der Waals surface area contributed by atoms with Crippen molar-refractivity contribution in [3.63, 3.8) is 0 Å². The van der Waals surface area contributed by atoms with E-state index in [1.807, 2.05) is 6.92 Å². The molecule has 0 heterocycles. The van der Waals surface area contributed by atoms with Gasteiger partial charge in [0.25, 0.3) is 0 Å². The van der Waals surface area contributed by atoms with E-state index in [9.17, 15) is 18.0 Å². The Morgan fingerprint density at radius 2 is 1.78 bits per heavy atom. The Hall–Kier alpha value is -2.71. The summed E-state index contributed by atoms with van der Waals surface area (Å²) >= 11 is 0. The number of hydrogen-bond acceptors (Lipinski definition) is 5. The third kappa shape index (κ3) is 5.38. The Kier molecular flexibility index (Phi) is 6.70. The van der Waals surface area contributed by atoms with Gasteiger partial charge >= 0.3 is 0 Å². The number of sulfonamides is 1. The molecule has 0 saturated carbocycles. The third-order valence-electron chi connectivity index (χ3n) is 3.76. The van der Waals surface area contributed by atoms with Crippen LogP contribution in [0.1, 0.15) is 24.2 Å². The number of rotatable bonds is 8. The number of ketones is 1. The largest absolute Gasteiger partial charge is 0.494 e. The minimum Gasteiger partial charge on any atom is -0.494 e. The van der Waals surface area contributed by atoms with Crippen molar-refractivity contribution >= 4 is 27.4 Å². The molecule has 0 bridgehead atoms. The molecule has 2 rings (SSSR count). The lowest BCUT2D eigenvalue weighted by Gasteiger charge is -2.17. The molecule has 0 spiro atoms. The van der Waals surface area contributed by atoms with Crippen molar-refractivity contribution in [2.24, 2.45) is 0 Å². The molecular weight excluding hydrogens is 368 g/mol. The van der Waals surface area contributed by atoms with Crippen molar-refractivity contribution in [2.75, 3.05) is 25.5 Å².